The van der Waals surface area contributed by atoms with Gasteiger partial charge in [-0.2, -0.15) is 0 Å². The van der Waals surface area contributed by atoms with Crippen LogP contribution in [0.15, 0.2) is 60.8 Å². The number of benzene rings is 2. The van der Waals surface area contributed by atoms with Crippen molar-refractivity contribution in [3.63, 3.8) is 0 Å². The Morgan fingerprint density at radius 2 is 1.68 bits per heavy atom. The second-order valence-electron chi connectivity index (χ2n) is 4.70. The third kappa shape index (κ3) is 2.43. The zero-order chi connectivity index (χ0) is 13.1. The average Bonchev–Trinajstić information content (AvgIpc) is 2.48. The van der Waals surface area contributed by atoms with Crippen LogP contribution in [0.25, 0.3) is 10.9 Å². The normalized spacial score (nSPS) is 10.7. The number of rotatable bonds is 3. The van der Waals surface area contributed by atoms with E-state index in [0.717, 1.165) is 29.4 Å². The number of anilines is 1. The molecule has 0 amide bonds. The molecule has 0 spiro atoms. The Balaban J connectivity index is 1.87. The molecule has 1 heterocycles. The molecule has 94 valence electrons. The predicted molar refractivity (Wildman–Crippen MR) is 80.0 cm³/mol. The van der Waals surface area contributed by atoms with Crippen molar-refractivity contribution < 1.29 is 0 Å². The zero-order valence-electron chi connectivity index (χ0n) is 10.7. The van der Waals surface area contributed by atoms with Gasteiger partial charge in [-0.3, -0.25) is 4.98 Å². The highest BCUT2D eigenvalue weighted by molar-refractivity contribution is 5.90. The Bertz CT molecular complexity index is 690. The highest BCUT2D eigenvalue weighted by Crippen LogP contribution is 2.23. The van der Waals surface area contributed by atoms with Gasteiger partial charge in [0.05, 0.1) is 11.2 Å². The van der Waals surface area contributed by atoms with Crippen LogP contribution in [0.1, 0.15) is 11.1 Å². The summed E-state index contributed by atoms with van der Waals surface area (Å²) in [4.78, 5) is 4.37. The number of nitrogen functional groups attached to an aromatic ring is 1. The Morgan fingerprint density at radius 3 is 2.53 bits per heavy atom. The lowest BCUT2D eigenvalue weighted by atomic mass is 10.0. The van der Waals surface area contributed by atoms with E-state index in [9.17, 15) is 0 Å². The molecule has 2 nitrogen and oxygen atoms in total. The second kappa shape index (κ2) is 5.11. The molecule has 0 aliphatic rings. The minimum Gasteiger partial charge on any atom is -0.397 e. The van der Waals surface area contributed by atoms with Crippen LogP contribution >= 0.6 is 0 Å². The first-order valence-electron chi connectivity index (χ1n) is 6.50. The van der Waals surface area contributed by atoms with Crippen molar-refractivity contribution in [1.29, 1.82) is 0 Å². The smallest absolute Gasteiger partial charge is 0.0933 e. The van der Waals surface area contributed by atoms with Crippen molar-refractivity contribution in [2.45, 2.75) is 12.8 Å². The van der Waals surface area contributed by atoms with Crippen LogP contribution in [0.5, 0.6) is 0 Å². The molecule has 0 fully saturated rings. The van der Waals surface area contributed by atoms with Gasteiger partial charge in [-0.25, -0.2) is 0 Å². The average molecular weight is 248 g/mol. The van der Waals surface area contributed by atoms with Gasteiger partial charge in [0.1, 0.15) is 0 Å². The lowest BCUT2D eigenvalue weighted by Crippen LogP contribution is -1.99. The van der Waals surface area contributed by atoms with Gasteiger partial charge in [0, 0.05) is 11.6 Å². The van der Waals surface area contributed by atoms with E-state index in [1.807, 2.05) is 18.2 Å². The van der Waals surface area contributed by atoms with Crippen LogP contribution in [0.3, 0.4) is 0 Å². The van der Waals surface area contributed by atoms with E-state index >= 15 is 0 Å². The number of nitrogens with two attached hydrogens (primary N) is 1. The summed E-state index contributed by atoms with van der Waals surface area (Å²) in [6, 6.07) is 18.7. The first-order valence-corrected chi connectivity index (χ1v) is 6.50. The standard InChI is InChI=1S/C17H16N2/c18-16-14(9-8-13-5-2-1-3-6-13)10-11-15-7-4-12-19-17(15)16/h1-7,10-12H,8-9,18H2. The number of hydrogen-bond acceptors (Lipinski definition) is 2. The topological polar surface area (TPSA) is 38.9 Å². The van der Waals surface area contributed by atoms with Gasteiger partial charge in [0.25, 0.3) is 0 Å². The van der Waals surface area contributed by atoms with E-state index < -0.39 is 0 Å². The summed E-state index contributed by atoms with van der Waals surface area (Å²) in [7, 11) is 0. The van der Waals surface area contributed by atoms with Gasteiger partial charge >= 0.3 is 0 Å². The lowest BCUT2D eigenvalue weighted by molar-refractivity contribution is 0.964. The molecule has 0 saturated heterocycles. The number of aromatic nitrogens is 1. The third-order valence-corrected chi connectivity index (χ3v) is 3.43. The van der Waals surface area contributed by atoms with Gasteiger partial charge in [-0.1, -0.05) is 48.5 Å². The van der Waals surface area contributed by atoms with Crippen LogP contribution in [-0.4, -0.2) is 4.98 Å². The van der Waals surface area contributed by atoms with Crippen molar-refractivity contribution in [1.82, 2.24) is 4.98 Å². The maximum atomic E-state index is 6.22. The zero-order valence-corrected chi connectivity index (χ0v) is 10.7. The van der Waals surface area contributed by atoms with Crippen molar-refractivity contribution >= 4 is 16.6 Å². The molecule has 2 aromatic carbocycles. The van der Waals surface area contributed by atoms with Crippen LogP contribution < -0.4 is 5.73 Å². The van der Waals surface area contributed by atoms with Gasteiger partial charge < -0.3 is 5.73 Å². The van der Waals surface area contributed by atoms with Gasteiger partial charge in [-0.15, -0.1) is 0 Å². The first kappa shape index (κ1) is 11.7. The maximum absolute atomic E-state index is 6.22. The monoisotopic (exact) mass is 248 g/mol. The number of hydrogen-bond donors (Lipinski definition) is 1. The Hall–Kier alpha value is -2.35. The van der Waals surface area contributed by atoms with Gasteiger partial charge in [0.15, 0.2) is 0 Å². The number of nitrogens with zero attached hydrogens (tertiary/aromatic N) is 1. The molecule has 2 N–H and O–H groups in total. The third-order valence-electron chi connectivity index (χ3n) is 3.43. The fourth-order valence-corrected chi connectivity index (χ4v) is 2.35. The minimum atomic E-state index is 0.814. The fourth-order valence-electron chi connectivity index (χ4n) is 2.35. The van der Waals surface area contributed by atoms with E-state index in [-0.39, 0.29) is 0 Å². The molecular weight excluding hydrogens is 232 g/mol. The predicted octanol–water partition coefficient (Wildman–Crippen LogP) is 3.60. The van der Waals surface area contributed by atoms with Crippen LogP contribution in [-0.2, 0) is 12.8 Å². The first-order chi connectivity index (χ1) is 9.34. The quantitative estimate of drug-likeness (QED) is 0.719. The Labute approximate surface area is 112 Å². The number of aryl methyl sites for hydroxylation is 2. The summed E-state index contributed by atoms with van der Waals surface area (Å²) >= 11 is 0. The number of pyridine rings is 1. The Kier molecular flexibility index (Phi) is 3.15. The van der Waals surface area contributed by atoms with Crippen LogP contribution in [0.4, 0.5) is 5.69 Å². The van der Waals surface area contributed by atoms with Gasteiger partial charge in [0.2, 0.25) is 0 Å². The molecule has 0 aliphatic carbocycles. The molecule has 3 rings (SSSR count). The lowest BCUT2D eigenvalue weighted by Gasteiger charge is -2.08. The minimum absolute atomic E-state index is 0.814. The highest BCUT2D eigenvalue weighted by atomic mass is 14.7. The fraction of sp³-hybridized carbons (Fsp3) is 0.118. The van der Waals surface area contributed by atoms with Crippen molar-refractivity contribution in [3.05, 3.63) is 71.9 Å². The summed E-state index contributed by atoms with van der Waals surface area (Å²) in [5.74, 6) is 0. The van der Waals surface area contributed by atoms with E-state index in [1.54, 1.807) is 6.20 Å². The number of fused-ring (bicyclic) bond motifs is 1. The molecule has 0 radical (unpaired) electrons. The molecule has 3 aromatic rings. The molecule has 0 saturated carbocycles. The van der Waals surface area contributed by atoms with Crippen LogP contribution in [0, 0.1) is 0 Å². The molecule has 19 heavy (non-hydrogen) atoms. The van der Waals surface area contributed by atoms with Gasteiger partial charge in [-0.05, 0) is 30.0 Å². The molecule has 0 aliphatic heterocycles. The van der Waals surface area contributed by atoms with Crippen molar-refractivity contribution in [2.24, 2.45) is 0 Å². The van der Waals surface area contributed by atoms with Crippen molar-refractivity contribution in [3.8, 4) is 0 Å². The Morgan fingerprint density at radius 1 is 0.842 bits per heavy atom. The van der Waals surface area contributed by atoms with Crippen LogP contribution in [0.2, 0.25) is 0 Å². The highest BCUT2D eigenvalue weighted by Gasteiger charge is 2.05. The van der Waals surface area contributed by atoms with E-state index in [0.29, 0.717) is 0 Å². The summed E-state index contributed by atoms with van der Waals surface area (Å²) in [5.41, 5.74) is 10.5. The molecule has 0 bridgehead atoms. The summed E-state index contributed by atoms with van der Waals surface area (Å²) in [5, 5.41) is 1.10. The molecule has 1 aromatic heterocycles. The van der Waals surface area contributed by atoms with E-state index in [2.05, 4.69) is 41.4 Å². The largest absolute Gasteiger partial charge is 0.397 e. The molecular formula is C17H16N2. The SMILES string of the molecule is Nc1c(CCc2ccccc2)ccc2cccnc12. The molecule has 2 heteroatoms. The summed E-state index contributed by atoms with van der Waals surface area (Å²) in [6.45, 7) is 0. The van der Waals surface area contributed by atoms with Crippen molar-refractivity contribution in [2.75, 3.05) is 5.73 Å². The molecule has 0 unspecified atom stereocenters. The van der Waals surface area contributed by atoms with E-state index in [1.165, 1.54) is 11.1 Å². The maximum Gasteiger partial charge on any atom is 0.0933 e. The second-order valence-corrected chi connectivity index (χ2v) is 4.70. The molecule has 0 atom stereocenters. The summed E-state index contributed by atoms with van der Waals surface area (Å²) in [6.07, 6.45) is 3.74. The van der Waals surface area contributed by atoms with E-state index in [4.69, 9.17) is 5.73 Å². The summed E-state index contributed by atoms with van der Waals surface area (Å²) < 4.78 is 0.